The van der Waals surface area contributed by atoms with E-state index in [0.717, 1.165) is 60.1 Å². The first-order valence-corrected chi connectivity index (χ1v) is 16.3. The minimum absolute atomic E-state index is 0.0509. The van der Waals surface area contributed by atoms with Gasteiger partial charge in [-0.25, -0.2) is 9.97 Å². The van der Waals surface area contributed by atoms with Crippen molar-refractivity contribution in [3.05, 3.63) is 35.5 Å². The summed E-state index contributed by atoms with van der Waals surface area (Å²) in [5.74, 6) is 0.590. The SMILES string of the molecule is Cc1cc(SC(C)C)c(NC(=O)CN2CCN(CCSc3nc4cccc(C(F)(F)F)c4o3)CC2)c(SC(C)C)n1. The van der Waals surface area contributed by atoms with Gasteiger partial charge in [-0.15, -0.1) is 23.5 Å². The molecule has 0 bridgehead atoms. The Morgan fingerprint density at radius 2 is 1.73 bits per heavy atom. The number of halogens is 3. The average Bonchev–Trinajstić information content (AvgIpc) is 3.28. The third kappa shape index (κ3) is 9.03. The van der Waals surface area contributed by atoms with E-state index >= 15 is 0 Å². The van der Waals surface area contributed by atoms with Crippen molar-refractivity contribution < 1.29 is 22.4 Å². The molecular weight excluding hydrogens is 592 g/mol. The number of piperazine rings is 1. The van der Waals surface area contributed by atoms with E-state index in [-0.39, 0.29) is 22.2 Å². The number of benzene rings is 1. The Kier molecular flexibility index (Phi) is 10.9. The molecule has 1 aliphatic rings. The van der Waals surface area contributed by atoms with E-state index in [1.54, 1.807) is 23.5 Å². The van der Waals surface area contributed by atoms with Crippen LogP contribution in [0.1, 0.15) is 39.0 Å². The molecule has 2 aromatic heterocycles. The first-order chi connectivity index (χ1) is 19.4. The first-order valence-electron chi connectivity index (χ1n) is 13.6. The van der Waals surface area contributed by atoms with Crippen molar-refractivity contribution in [2.24, 2.45) is 0 Å². The van der Waals surface area contributed by atoms with Gasteiger partial charge in [0, 0.05) is 59.6 Å². The predicted molar refractivity (Wildman–Crippen MR) is 162 cm³/mol. The number of thioether (sulfide) groups is 3. The van der Waals surface area contributed by atoms with Gasteiger partial charge in [0.1, 0.15) is 16.1 Å². The topological polar surface area (TPSA) is 74.5 Å². The first kappa shape index (κ1) is 32.0. The highest BCUT2D eigenvalue weighted by atomic mass is 32.2. The van der Waals surface area contributed by atoms with Gasteiger partial charge in [0.2, 0.25) is 5.91 Å². The Hall–Kier alpha value is -1.93. The van der Waals surface area contributed by atoms with Gasteiger partial charge in [-0.05, 0) is 25.1 Å². The third-order valence-corrected chi connectivity index (χ3v) is 9.06. The summed E-state index contributed by atoms with van der Waals surface area (Å²) in [7, 11) is 0. The number of carbonyl (C=O) groups is 1. The molecule has 224 valence electrons. The zero-order valence-electron chi connectivity index (χ0n) is 23.9. The molecule has 7 nitrogen and oxygen atoms in total. The number of hydrogen-bond acceptors (Lipinski definition) is 9. The van der Waals surface area contributed by atoms with Crippen molar-refractivity contribution in [3.8, 4) is 0 Å². The molecule has 1 amide bonds. The number of aryl methyl sites for hydroxylation is 1. The molecule has 1 saturated heterocycles. The number of aromatic nitrogens is 2. The van der Waals surface area contributed by atoms with Crippen LogP contribution in [0.4, 0.5) is 18.9 Å². The van der Waals surface area contributed by atoms with Gasteiger partial charge in [-0.1, -0.05) is 45.5 Å². The van der Waals surface area contributed by atoms with Gasteiger partial charge < -0.3 is 9.73 Å². The van der Waals surface area contributed by atoms with Crippen LogP contribution in [0.3, 0.4) is 0 Å². The number of rotatable bonds is 11. The van der Waals surface area contributed by atoms with E-state index in [0.29, 0.717) is 22.8 Å². The lowest BCUT2D eigenvalue weighted by molar-refractivity contribution is -0.136. The number of anilines is 1. The average molecular weight is 628 g/mol. The van der Waals surface area contributed by atoms with E-state index in [1.165, 1.54) is 23.9 Å². The Bertz CT molecular complexity index is 1310. The van der Waals surface area contributed by atoms with Crippen LogP contribution in [0.2, 0.25) is 0 Å². The molecule has 0 aliphatic carbocycles. The van der Waals surface area contributed by atoms with E-state index < -0.39 is 11.7 Å². The zero-order valence-corrected chi connectivity index (χ0v) is 26.3. The Balaban J connectivity index is 1.27. The van der Waals surface area contributed by atoms with Gasteiger partial charge in [-0.3, -0.25) is 14.6 Å². The van der Waals surface area contributed by atoms with Gasteiger partial charge in [0.25, 0.3) is 5.22 Å². The van der Waals surface area contributed by atoms with E-state index in [2.05, 4.69) is 47.8 Å². The van der Waals surface area contributed by atoms with Crippen LogP contribution in [0.15, 0.2) is 43.8 Å². The number of hydrogen-bond donors (Lipinski definition) is 1. The molecule has 3 aromatic rings. The maximum Gasteiger partial charge on any atom is 0.420 e. The molecule has 0 spiro atoms. The predicted octanol–water partition coefficient (Wildman–Crippen LogP) is 6.90. The van der Waals surface area contributed by atoms with Crippen molar-refractivity contribution >= 4 is 58.0 Å². The van der Waals surface area contributed by atoms with Crippen LogP contribution in [-0.4, -0.2) is 81.2 Å². The highest BCUT2D eigenvalue weighted by Crippen LogP contribution is 2.39. The molecule has 0 radical (unpaired) electrons. The summed E-state index contributed by atoms with van der Waals surface area (Å²) in [6.45, 7) is 14.6. The fourth-order valence-corrected chi connectivity index (χ4v) is 7.24. The molecule has 0 unspecified atom stereocenters. The monoisotopic (exact) mass is 627 g/mol. The summed E-state index contributed by atoms with van der Waals surface area (Å²) in [5.41, 5.74) is 0.917. The standard InChI is InChI=1S/C28H36F3N5O2S3/c1-17(2)40-22-15-19(5)32-26(41-18(3)4)24(22)34-23(37)16-36-11-9-35(10-12-36)13-14-39-27-33-21-8-6-7-20(25(21)38-27)28(29,30)31/h6-8,15,17-18H,9-14,16H2,1-5H3,(H,34,37). The lowest BCUT2D eigenvalue weighted by Crippen LogP contribution is -2.49. The zero-order chi connectivity index (χ0) is 29.7. The summed E-state index contributed by atoms with van der Waals surface area (Å²) >= 11 is 4.69. The second-order valence-corrected chi connectivity index (χ2v) is 14.7. The van der Waals surface area contributed by atoms with Crippen LogP contribution < -0.4 is 5.32 Å². The molecule has 3 heterocycles. The highest BCUT2D eigenvalue weighted by Gasteiger charge is 2.34. The number of fused-ring (bicyclic) bond motifs is 1. The quantitative estimate of drug-likeness (QED) is 0.229. The molecule has 0 atom stereocenters. The van der Waals surface area contributed by atoms with E-state index in [4.69, 9.17) is 9.40 Å². The normalized spacial score (nSPS) is 15.4. The Morgan fingerprint density at radius 1 is 1.05 bits per heavy atom. The van der Waals surface area contributed by atoms with E-state index in [9.17, 15) is 18.0 Å². The maximum atomic E-state index is 13.2. The molecule has 13 heteroatoms. The van der Waals surface area contributed by atoms with Gasteiger partial charge in [0.15, 0.2) is 5.58 Å². The second-order valence-electron chi connectivity index (χ2n) is 10.4. The largest absolute Gasteiger partial charge is 0.431 e. The highest BCUT2D eigenvalue weighted by molar-refractivity contribution is 8.01. The second kappa shape index (κ2) is 14.0. The van der Waals surface area contributed by atoms with Crippen LogP contribution in [-0.2, 0) is 11.0 Å². The fourth-order valence-electron chi connectivity index (χ4n) is 4.41. The number of para-hydroxylation sites is 1. The Labute approximate surface area is 251 Å². The smallest absolute Gasteiger partial charge is 0.420 e. The maximum absolute atomic E-state index is 13.2. The van der Waals surface area contributed by atoms with Crippen LogP contribution in [0.5, 0.6) is 0 Å². The van der Waals surface area contributed by atoms with Crippen LogP contribution in [0.25, 0.3) is 11.1 Å². The molecule has 41 heavy (non-hydrogen) atoms. The Morgan fingerprint density at radius 3 is 2.39 bits per heavy atom. The van der Waals surface area contributed by atoms with Crippen molar-refractivity contribution in [1.29, 1.82) is 0 Å². The van der Waals surface area contributed by atoms with Crippen molar-refractivity contribution in [3.63, 3.8) is 0 Å². The number of pyridine rings is 1. The number of nitrogens with zero attached hydrogens (tertiary/aromatic N) is 4. The molecule has 4 rings (SSSR count). The summed E-state index contributed by atoms with van der Waals surface area (Å²) < 4.78 is 45.2. The van der Waals surface area contributed by atoms with Crippen molar-refractivity contribution in [1.82, 2.24) is 19.8 Å². The minimum atomic E-state index is -4.49. The summed E-state index contributed by atoms with van der Waals surface area (Å²) in [4.78, 5) is 27.5. The molecule has 1 aromatic carbocycles. The molecule has 1 aliphatic heterocycles. The number of carbonyl (C=O) groups excluding carboxylic acids is 1. The molecule has 0 saturated carbocycles. The van der Waals surface area contributed by atoms with Crippen molar-refractivity contribution in [2.45, 2.75) is 66.4 Å². The molecule has 1 N–H and O–H groups in total. The van der Waals surface area contributed by atoms with Gasteiger partial charge >= 0.3 is 6.18 Å². The van der Waals surface area contributed by atoms with Crippen LogP contribution >= 0.6 is 35.3 Å². The number of amides is 1. The third-order valence-electron chi connectivity index (χ3n) is 6.22. The number of oxazole rings is 1. The molecular formula is C28H36F3N5O2S3. The fraction of sp³-hybridized carbons (Fsp3) is 0.536. The summed E-state index contributed by atoms with van der Waals surface area (Å²) in [6.07, 6.45) is -4.49. The van der Waals surface area contributed by atoms with Crippen molar-refractivity contribution in [2.75, 3.05) is 50.3 Å². The van der Waals surface area contributed by atoms with Gasteiger partial charge in [-0.2, -0.15) is 13.2 Å². The lowest BCUT2D eigenvalue weighted by Gasteiger charge is -2.34. The van der Waals surface area contributed by atoms with Gasteiger partial charge in [0.05, 0.1) is 12.2 Å². The minimum Gasteiger partial charge on any atom is -0.431 e. The lowest BCUT2D eigenvalue weighted by atomic mass is 10.2. The number of nitrogens with one attached hydrogen (secondary N) is 1. The van der Waals surface area contributed by atoms with E-state index in [1.807, 2.05) is 13.0 Å². The van der Waals surface area contributed by atoms with Crippen LogP contribution in [0, 0.1) is 6.92 Å². The molecule has 1 fully saturated rings. The number of alkyl halides is 3. The summed E-state index contributed by atoms with van der Waals surface area (Å²) in [6, 6.07) is 5.91. The summed E-state index contributed by atoms with van der Waals surface area (Å²) in [5, 5.41) is 4.96.